The van der Waals surface area contributed by atoms with Gasteiger partial charge in [-0.2, -0.15) is 0 Å². The van der Waals surface area contributed by atoms with Crippen LogP contribution < -0.4 is 0 Å². The van der Waals surface area contributed by atoms with Crippen molar-refractivity contribution in [3.8, 4) is 0 Å². The molecular formula is C9H11NO4. The molecule has 76 valence electrons. The normalized spacial score (nSPS) is 10.2. The number of aliphatic hydroxyl groups is 1. The molecule has 0 atom stereocenters. The number of carbonyl (C=O) groups excluding carboxylic acids is 1. The Hall–Kier alpha value is -1.62. The maximum atomic E-state index is 11.2. The number of hydrogen-bond acceptors (Lipinski definition) is 3. The second-order valence-electron chi connectivity index (χ2n) is 3.01. The minimum atomic E-state index is -1.11. The Morgan fingerprint density at radius 3 is 2.29 bits per heavy atom. The fourth-order valence-corrected chi connectivity index (χ4v) is 1.46. The Morgan fingerprint density at radius 1 is 1.36 bits per heavy atom. The van der Waals surface area contributed by atoms with E-state index in [4.69, 9.17) is 10.2 Å². The number of aromatic amines is 1. The van der Waals surface area contributed by atoms with E-state index in [9.17, 15) is 9.59 Å². The smallest absolute Gasteiger partial charge is 0.352 e. The van der Waals surface area contributed by atoms with Crippen LogP contribution in [0.1, 0.15) is 32.1 Å². The van der Waals surface area contributed by atoms with E-state index >= 15 is 0 Å². The van der Waals surface area contributed by atoms with Crippen LogP contribution in [0.2, 0.25) is 0 Å². The highest BCUT2D eigenvalue weighted by Gasteiger charge is 2.20. The summed E-state index contributed by atoms with van der Waals surface area (Å²) in [5.74, 6) is -1.58. The molecule has 0 saturated carbocycles. The molecule has 0 aliphatic rings. The number of rotatable bonds is 3. The zero-order valence-corrected chi connectivity index (χ0v) is 7.92. The van der Waals surface area contributed by atoms with Gasteiger partial charge in [0.05, 0.1) is 0 Å². The Bertz CT molecular complexity index is 392. The highest BCUT2D eigenvalue weighted by atomic mass is 16.4. The summed E-state index contributed by atoms with van der Waals surface area (Å²) in [4.78, 5) is 24.5. The van der Waals surface area contributed by atoms with Crippen LogP contribution in [0, 0.1) is 13.8 Å². The number of carboxylic acids is 1. The zero-order valence-electron chi connectivity index (χ0n) is 7.92. The number of aromatic carboxylic acids is 1. The van der Waals surface area contributed by atoms with E-state index in [0.717, 1.165) is 0 Å². The van der Waals surface area contributed by atoms with Gasteiger partial charge in [0, 0.05) is 11.3 Å². The lowest BCUT2D eigenvalue weighted by Crippen LogP contribution is -2.07. The van der Waals surface area contributed by atoms with E-state index in [0.29, 0.717) is 11.3 Å². The van der Waals surface area contributed by atoms with E-state index in [1.54, 1.807) is 6.92 Å². The summed E-state index contributed by atoms with van der Waals surface area (Å²) in [6.45, 7) is 2.52. The number of aryl methyl sites for hydroxylation is 1. The molecule has 0 amide bonds. The number of aromatic nitrogens is 1. The molecule has 0 saturated heterocycles. The molecule has 3 N–H and O–H groups in total. The van der Waals surface area contributed by atoms with Gasteiger partial charge in [-0.25, -0.2) is 4.79 Å². The summed E-state index contributed by atoms with van der Waals surface area (Å²) >= 11 is 0. The summed E-state index contributed by atoms with van der Waals surface area (Å²) in [6.07, 6.45) is 0. The van der Waals surface area contributed by atoms with Crippen molar-refractivity contribution in [1.29, 1.82) is 0 Å². The first-order valence-electron chi connectivity index (χ1n) is 4.05. The van der Waals surface area contributed by atoms with Crippen molar-refractivity contribution in [1.82, 2.24) is 4.98 Å². The molecule has 1 heterocycles. The van der Waals surface area contributed by atoms with Crippen LogP contribution in [0.4, 0.5) is 0 Å². The molecule has 0 bridgehead atoms. The first-order valence-corrected chi connectivity index (χ1v) is 4.05. The van der Waals surface area contributed by atoms with Crippen molar-refractivity contribution in [2.75, 3.05) is 6.61 Å². The number of nitrogens with one attached hydrogen (secondary N) is 1. The van der Waals surface area contributed by atoms with Gasteiger partial charge in [0.2, 0.25) is 0 Å². The maximum Gasteiger partial charge on any atom is 0.352 e. The standard InChI is InChI=1S/C9H11NO4/c1-4-7(6(12)3-11)5(2)10-8(4)9(13)14/h10-11H,3H2,1-2H3,(H,13,14). The predicted molar refractivity (Wildman–Crippen MR) is 48.6 cm³/mol. The van der Waals surface area contributed by atoms with Gasteiger partial charge in [-0.05, 0) is 19.4 Å². The van der Waals surface area contributed by atoms with Gasteiger partial charge in [0.1, 0.15) is 12.3 Å². The minimum absolute atomic E-state index is 0.000648. The van der Waals surface area contributed by atoms with E-state index in [1.807, 2.05) is 0 Å². The minimum Gasteiger partial charge on any atom is -0.477 e. The fourth-order valence-electron chi connectivity index (χ4n) is 1.46. The van der Waals surface area contributed by atoms with Gasteiger partial charge in [-0.3, -0.25) is 4.79 Å². The Balaban J connectivity index is 3.31. The number of aliphatic hydroxyl groups excluding tert-OH is 1. The van der Waals surface area contributed by atoms with E-state index in [2.05, 4.69) is 4.98 Å². The largest absolute Gasteiger partial charge is 0.477 e. The monoisotopic (exact) mass is 197 g/mol. The molecule has 0 unspecified atom stereocenters. The molecular weight excluding hydrogens is 186 g/mol. The molecule has 0 radical (unpaired) electrons. The lowest BCUT2D eigenvalue weighted by atomic mass is 10.1. The van der Waals surface area contributed by atoms with Gasteiger partial charge in [0.25, 0.3) is 0 Å². The molecule has 5 heteroatoms. The van der Waals surface area contributed by atoms with Crippen LogP contribution in [0.15, 0.2) is 0 Å². The van der Waals surface area contributed by atoms with Crippen LogP contribution in [-0.4, -0.2) is 33.6 Å². The molecule has 0 aromatic carbocycles. The van der Waals surface area contributed by atoms with Crippen LogP contribution in [0.3, 0.4) is 0 Å². The predicted octanol–water partition coefficient (Wildman–Crippen LogP) is 0.505. The molecule has 0 fully saturated rings. The van der Waals surface area contributed by atoms with Crippen molar-refractivity contribution >= 4 is 11.8 Å². The number of carbonyl (C=O) groups is 2. The van der Waals surface area contributed by atoms with E-state index < -0.39 is 18.4 Å². The topological polar surface area (TPSA) is 90.4 Å². The number of carboxylic acid groups (broad SMARTS) is 1. The summed E-state index contributed by atoms with van der Waals surface area (Å²) in [5.41, 5.74) is 1.11. The summed E-state index contributed by atoms with van der Waals surface area (Å²) in [6, 6.07) is 0. The third-order valence-corrected chi connectivity index (χ3v) is 2.07. The molecule has 14 heavy (non-hydrogen) atoms. The molecule has 1 rings (SSSR count). The summed E-state index contributed by atoms with van der Waals surface area (Å²) < 4.78 is 0. The van der Waals surface area contributed by atoms with Gasteiger partial charge >= 0.3 is 5.97 Å². The van der Waals surface area contributed by atoms with Crippen LogP contribution in [0.25, 0.3) is 0 Å². The third-order valence-electron chi connectivity index (χ3n) is 2.07. The Kier molecular flexibility index (Phi) is 2.71. The zero-order chi connectivity index (χ0) is 10.9. The fraction of sp³-hybridized carbons (Fsp3) is 0.333. The van der Waals surface area contributed by atoms with Crippen molar-refractivity contribution in [3.05, 3.63) is 22.5 Å². The van der Waals surface area contributed by atoms with Crippen molar-refractivity contribution in [2.24, 2.45) is 0 Å². The van der Waals surface area contributed by atoms with Gasteiger partial charge in [-0.1, -0.05) is 0 Å². The molecule has 1 aromatic rings. The van der Waals surface area contributed by atoms with Gasteiger partial charge in [0.15, 0.2) is 5.78 Å². The second-order valence-corrected chi connectivity index (χ2v) is 3.01. The summed E-state index contributed by atoms with van der Waals surface area (Å²) in [7, 11) is 0. The van der Waals surface area contributed by atoms with Crippen LogP contribution in [0.5, 0.6) is 0 Å². The Morgan fingerprint density at radius 2 is 1.93 bits per heavy atom. The first kappa shape index (κ1) is 10.5. The first-order chi connectivity index (χ1) is 6.49. The number of Topliss-reactive ketones (excluding diaryl/α,β-unsaturated/α-hetero) is 1. The lowest BCUT2D eigenvalue weighted by Gasteiger charge is -1.97. The molecule has 0 aliphatic carbocycles. The van der Waals surface area contributed by atoms with Crippen LogP contribution in [-0.2, 0) is 0 Å². The second kappa shape index (κ2) is 3.63. The van der Waals surface area contributed by atoms with Gasteiger partial charge in [-0.15, -0.1) is 0 Å². The molecule has 5 nitrogen and oxygen atoms in total. The highest BCUT2D eigenvalue weighted by Crippen LogP contribution is 2.18. The Labute approximate surface area is 80.4 Å². The average Bonchev–Trinajstić information content (AvgIpc) is 2.41. The van der Waals surface area contributed by atoms with Crippen molar-refractivity contribution in [2.45, 2.75) is 13.8 Å². The average molecular weight is 197 g/mol. The van der Waals surface area contributed by atoms with Crippen molar-refractivity contribution < 1.29 is 19.8 Å². The highest BCUT2D eigenvalue weighted by molar-refractivity contribution is 6.02. The maximum absolute atomic E-state index is 11.2. The van der Waals surface area contributed by atoms with E-state index in [1.165, 1.54) is 6.92 Å². The molecule has 1 aromatic heterocycles. The molecule has 0 spiro atoms. The lowest BCUT2D eigenvalue weighted by molar-refractivity contribution is 0.0690. The van der Waals surface area contributed by atoms with Crippen LogP contribution >= 0.6 is 0 Å². The van der Waals surface area contributed by atoms with E-state index in [-0.39, 0.29) is 11.3 Å². The number of hydrogen-bond donors (Lipinski definition) is 3. The third kappa shape index (κ3) is 1.54. The number of H-pyrrole nitrogens is 1. The quantitative estimate of drug-likeness (QED) is 0.615. The molecule has 0 aliphatic heterocycles. The van der Waals surface area contributed by atoms with Crippen molar-refractivity contribution in [3.63, 3.8) is 0 Å². The number of ketones is 1. The SMILES string of the molecule is Cc1[nH]c(C(=O)O)c(C)c1C(=O)CO. The summed E-state index contributed by atoms with van der Waals surface area (Å²) in [5, 5.41) is 17.4. The van der Waals surface area contributed by atoms with Gasteiger partial charge < -0.3 is 15.2 Å².